The number of piperazine rings is 1. The maximum atomic E-state index is 12.7. The normalized spacial score (nSPS) is 15.0. The third-order valence-corrected chi connectivity index (χ3v) is 4.20. The monoisotopic (exact) mass is 338 g/mol. The zero-order valence-corrected chi connectivity index (χ0v) is 14.3. The van der Waals surface area contributed by atoms with Gasteiger partial charge in [-0.1, -0.05) is 12.1 Å². The maximum Gasteiger partial charge on any atom is 0.254 e. The van der Waals surface area contributed by atoms with E-state index < -0.39 is 0 Å². The van der Waals surface area contributed by atoms with Crippen LogP contribution in [0.4, 0.5) is 5.69 Å². The molecule has 6 nitrogen and oxygen atoms in total. The van der Waals surface area contributed by atoms with Crippen molar-refractivity contribution in [3.63, 3.8) is 0 Å². The van der Waals surface area contributed by atoms with Gasteiger partial charge >= 0.3 is 0 Å². The number of pyridine rings is 1. The number of nitrogens with one attached hydrogen (secondary N) is 1. The summed E-state index contributed by atoms with van der Waals surface area (Å²) < 4.78 is 0. The molecule has 1 aliphatic rings. The van der Waals surface area contributed by atoms with E-state index in [2.05, 4.69) is 15.2 Å². The van der Waals surface area contributed by atoms with Crippen molar-refractivity contribution in [1.29, 1.82) is 0 Å². The number of hydrogen-bond acceptors (Lipinski definition) is 4. The molecular weight excluding hydrogens is 316 g/mol. The molecule has 2 aromatic rings. The highest BCUT2D eigenvalue weighted by Crippen LogP contribution is 2.15. The highest BCUT2D eigenvalue weighted by Gasteiger charge is 2.22. The van der Waals surface area contributed by atoms with E-state index in [0.29, 0.717) is 24.3 Å². The average Bonchev–Trinajstić information content (AvgIpc) is 2.62. The molecule has 0 aliphatic carbocycles. The second kappa shape index (κ2) is 7.90. The summed E-state index contributed by atoms with van der Waals surface area (Å²) in [6.07, 6.45) is 1.80. The fourth-order valence-corrected chi connectivity index (χ4v) is 2.95. The SMILES string of the molecule is CC(=O)Nc1cccc(C(=O)N2CCN(Cc3ccccn3)CC2)c1. The first kappa shape index (κ1) is 17.1. The number of benzene rings is 1. The van der Waals surface area contributed by atoms with Gasteiger partial charge < -0.3 is 10.2 Å². The fraction of sp³-hybridized carbons (Fsp3) is 0.316. The van der Waals surface area contributed by atoms with Crippen LogP contribution in [-0.2, 0) is 11.3 Å². The lowest BCUT2D eigenvalue weighted by Crippen LogP contribution is -2.48. The molecule has 1 aromatic heterocycles. The largest absolute Gasteiger partial charge is 0.336 e. The molecule has 1 aromatic carbocycles. The lowest BCUT2D eigenvalue weighted by molar-refractivity contribution is -0.114. The summed E-state index contributed by atoms with van der Waals surface area (Å²) >= 11 is 0. The van der Waals surface area contributed by atoms with Crippen LogP contribution in [0, 0.1) is 0 Å². The summed E-state index contributed by atoms with van der Waals surface area (Å²) in [4.78, 5) is 32.4. The van der Waals surface area contributed by atoms with E-state index in [0.717, 1.165) is 25.3 Å². The highest BCUT2D eigenvalue weighted by molar-refractivity contribution is 5.96. The van der Waals surface area contributed by atoms with Gasteiger partial charge in [0, 0.05) is 57.1 Å². The Balaban J connectivity index is 1.57. The van der Waals surface area contributed by atoms with Crippen molar-refractivity contribution in [2.45, 2.75) is 13.5 Å². The van der Waals surface area contributed by atoms with Crippen LogP contribution in [0.1, 0.15) is 23.0 Å². The van der Waals surface area contributed by atoms with Crippen LogP contribution in [0.2, 0.25) is 0 Å². The lowest BCUT2D eigenvalue weighted by atomic mass is 10.1. The quantitative estimate of drug-likeness (QED) is 0.926. The van der Waals surface area contributed by atoms with Crippen molar-refractivity contribution < 1.29 is 9.59 Å². The third-order valence-electron chi connectivity index (χ3n) is 4.20. The molecule has 0 radical (unpaired) electrons. The van der Waals surface area contributed by atoms with Gasteiger partial charge in [0.1, 0.15) is 0 Å². The Labute approximate surface area is 147 Å². The smallest absolute Gasteiger partial charge is 0.254 e. The van der Waals surface area contributed by atoms with E-state index in [1.54, 1.807) is 30.5 Å². The molecule has 1 N–H and O–H groups in total. The van der Waals surface area contributed by atoms with E-state index in [1.165, 1.54) is 6.92 Å². The molecule has 1 aliphatic heterocycles. The second-order valence-corrected chi connectivity index (χ2v) is 6.15. The van der Waals surface area contributed by atoms with E-state index in [4.69, 9.17) is 0 Å². The van der Waals surface area contributed by atoms with Crippen molar-refractivity contribution >= 4 is 17.5 Å². The minimum Gasteiger partial charge on any atom is -0.336 e. The van der Waals surface area contributed by atoms with Gasteiger partial charge in [0.15, 0.2) is 0 Å². The predicted molar refractivity (Wildman–Crippen MR) is 96.2 cm³/mol. The fourth-order valence-electron chi connectivity index (χ4n) is 2.95. The Kier molecular flexibility index (Phi) is 5.40. The zero-order valence-electron chi connectivity index (χ0n) is 14.3. The van der Waals surface area contributed by atoms with Crippen LogP contribution in [-0.4, -0.2) is 52.8 Å². The van der Waals surface area contributed by atoms with Crippen LogP contribution < -0.4 is 5.32 Å². The van der Waals surface area contributed by atoms with Crippen molar-refractivity contribution in [1.82, 2.24) is 14.8 Å². The number of anilines is 1. The molecular formula is C19H22N4O2. The summed E-state index contributed by atoms with van der Waals surface area (Å²) in [5, 5.41) is 2.71. The Bertz CT molecular complexity index is 740. The highest BCUT2D eigenvalue weighted by atomic mass is 16.2. The van der Waals surface area contributed by atoms with E-state index in [9.17, 15) is 9.59 Å². The second-order valence-electron chi connectivity index (χ2n) is 6.15. The van der Waals surface area contributed by atoms with Gasteiger partial charge in [0.2, 0.25) is 5.91 Å². The maximum absolute atomic E-state index is 12.7. The Morgan fingerprint density at radius 2 is 1.88 bits per heavy atom. The van der Waals surface area contributed by atoms with Crippen LogP contribution in [0.3, 0.4) is 0 Å². The summed E-state index contributed by atoms with van der Waals surface area (Å²) in [7, 11) is 0. The van der Waals surface area contributed by atoms with Crippen LogP contribution in [0.25, 0.3) is 0 Å². The van der Waals surface area contributed by atoms with Crippen LogP contribution >= 0.6 is 0 Å². The number of carbonyl (C=O) groups is 2. The standard InChI is InChI=1S/C19H22N4O2/c1-15(24)21-17-7-4-5-16(13-17)19(25)23-11-9-22(10-12-23)14-18-6-2-3-8-20-18/h2-8,13H,9-12,14H2,1H3,(H,21,24). The summed E-state index contributed by atoms with van der Waals surface area (Å²) in [6, 6.07) is 13.0. The number of hydrogen-bond donors (Lipinski definition) is 1. The van der Waals surface area contributed by atoms with Crippen LogP contribution in [0.5, 0.6) is 0 Å². The van der Waals surface area contributed by atoms with E-state index >= 15 is 0 Å². The summed E-state index contributed by atoms with van der Waals surface area (Å²) in [6.45, 7) is 5.30. The summed E-state index contributed by atoms with van der Waals surface area (Å²) in [5.74, 6) is -0.141. The molecule has 1 fully saturated rings. The number of carbonyl (C=O) groups excluding carboxylic acids is 2. The number of aromatic nitrogens is 1. The molecule has 2 amide bonds. The van der Waals surface area contributed by atoms with Gasteiger partial charge in [-0.3, -0.25) is 19.5 Å². The molecule has 0 spiro atoms. The van der Waals surface area contributed by atoms with Gasteiger partial charge in [-0.15, -0.1) is 0 Å². The molecule has 1 saturated heterocycles. The Morgan fingerprint density at radius 3 is 2.56 bits per heavy atom. The number of nitrogens with zero attached hydrogens (tertiary/aromatic N) is 3. The molecule has 0 saturated carbocycles. The molecule has 0 bridgehead atoms. The third kappa shape index (κ3) is 4.64. The lowest BCUT2D eigenvalue weighted by Gasteiger charge is -2.34. The minimum absolute atomic E-state index is 0.00434. The first-order chi connectivity index (χ1) is 12.1. The van der Waals surface area contributed by atoms with E-state index in [-0.39, 0.29) is 11.8 Å². The van der Waals surface area contributed by atoms with Gasteiger partial charge in [0.05, 0.1) is 5.69 Å². The molecule has 0 unspecified atom stereocenters. The first-order valence-electron chi connectivity index (χ1n) is 8.41. The number of amides is 2. The topological polar surface area (TPSA) is 65.5 Å². The summed E-state index contributed by atoms with van der Waals surface area (Å²) in [5.41, 5.74) is 2.29. The van der Waals surface area contributed by atoms with E-state index in [1.807, 2.05) is 23.1 Å². The van der Waals surface area contributed by atoms with Gasteiger partial charge in [-0.2, -0.15) is 0 Å². The molecule has 2 heterocycles. The zero-order chi connectivity index (χ0) is 17.6. The van der Waals surface area contributed by atoms with Gasteiger partial charge in [0.25, 0.3) is 5.91 Å². The first-order valence-corrected chi connectivity index (χ1v) is 8.41. The molecule has 25 heavy (non-hydrogen) atoms. The van der Waals surface area contributed by atoms with Crippen molar-refractivity contribution in [3.05, 3.63) is 59.9 Å². The molecule has 3 rings (SSSR count). The Hall–Kier alpha value is -2.73. The number of rotatable bonds is 4. The van der Waals surface area contributed by atoms with Crippen LogP contribution in [0.15, 0.2) is 48.7 Å². The van der Waals surface area contributed by atoms with Crippen molar-refractivity contribution in [3.8, 4) is 0 Å². The average molecular weight is 338 g/mol. The Morgan fingerprint density at radius 1 is 1.08 bits per heavy atom. The molecule has 0 atom stereocenters. The van der Waals surface area contributed by atoms with Crippen molar-refractivity contribution in [2.75, 3.05) is 31.5 Å². The van der Waals surface area contributed by atoms with Gasteiger partial charge in [-0.05, 0) is 30.3 Å². The van der Waals surface area contributed by atoms with Crippen molar-refractivity contribution in [2.24, 2.45) is 0 Å². The van der Waals surface area contributed by atoms with Gasteiger partial charge in [-0.25, -0.2) is 0 Å². The molecule has 130 valence electrons. The molecule has 6 heteroatoms. The predicted octanol–water partition coefficient (Wildman–Crippen LogP) is 2.00. The minimum atomic E-state index is -0.146.